The second-order valence-corrected chi connectivity index (χ2v) is 4.72. The minimum absolute atomic E-state index is 0.267. The van der Waals surface area contributed by atoms with Crippen molar-refractivity contribution >= 4 is 5.78 Å². The Kier molecular flexibility index (Phi) is 2.10. The topological polar surface area (TPSA) is 26.3 Å². The summed E-state index contributed by atoms with van der Waals surface area (Å²) in [5.74, 6) is 2.50. The maximum Gasteiger partial charge on any atom is 0.162 e. The lowest BCUT2D eigenvalue weighted by molar-refractivity contribution is -0.117. The number of ether oxygens (including phenoxy) is 1. The smallest absolute Gasteiger partial charge is 0.162 e. The molecule has 2 nitrogen and oxygen atoms in total. The van der Waals surface area contributed by atoms with Crippen molar-refractivity contribution in [2.45, 2.75) is 26.2 Å². The van der Waals surface area contributed by atoms with Crippen molar-refractivity contribution in [1.82, 2.24) is 0 Å². The third-order valence-electron chi connectivity index (χ3n) is 3.31. The standard InChI is InChI=1S/C14H14O2/c1-9-6-12(15)11-8-10-4-2-3-5-13(10)16-14(11)7-9/h2-5,9H,6-8H2,1H3. The zero-order valence-electron chi connectivity index (χ0n) is 9.32. The molecular formula is C14H14O2. The van der Waals surface area contributed by atoms with Crippen molar-refractivity contribution < 1.29 is 9.53 Å². The van der Waals surface area contributed by atoms with Crippen molar-refractivity contribution in [2.75, 3.05) is 0 Å². The zero-order valence-corrected chi connectivity index (χ0v) is 9.32. The maximum atomic E-state index is 11.9. The molecule has 1 atom stereocenters. The highest BCUT2D eigenvalue weighted by Crippen LogP contribution is 2.36. The van der Waals surface area contributed by atoms with Gasteiger partial charge < -0.3 is 4.74 Å². The van der Waals surface area contributed by atoms with Crippen LogP contribution in [0.25, 0.3) is 0 Å². The molecule has 3 rings (SSSR count). The Labute approximate surface area is 94.9 Å². The molecule has 0 saturated carbocycles. The van der Waals surface area contributed by atoms with E-state index in [1.54, 1.807) is 0 Å². The lowest BCUT2D eigenvalue weighted by atomic mass is 9.84. The highest BCUT2D eigenvalue weighted by molar-refractivity contribution is 5.97. The number of hydrogen-bond acceptors (Lipinski definition) is 2. The van der Waals surface area contributed by atoms with Gasteiger partial charge in [-0.2, -0.15) is 0 Å². The number of benzene rings is 1. The van der Waals surface area contributed by atoms with Crippen LogP contribution in [0.15, 0.2) is 35.6 Å². The summed E-state index contributed by atoms with van der Waals surface area (Å²) in [4.78, 5) is 11.9. The van der Waals surface area contributed by atoms with Gasteiger partial charge in [0.1, 0.15) is 11.5 Å². The van der Waals surface area contributed by atoms with Crippen LogP contribution in [0.1, 0.15) is 25.3 Å². The summed E-state index contributed by atoms with van der Waals surface area (Å²) >= 11 is 0. The molecule has 0 fully saturated rings. The van der Waals surface area contributed by atoms with Gasteiger partial charge in [0.25, 0.3) is 0 Å². The van der Waals surface area contributed by atoms with Crippen LogP contribution in [0.4, 0.5) is 0 Å². The minimum atomic E-state index is 0.267. The highest BCUT2D eigenvalue weighted by Gasteiger charge is 2.30. The maximum absolute atomic E-state index is 11.9. The van der Waals surface area contributed by atoms with Crippen LogP contribution < -0.4 is 4.74 Å². The number of fused-ring (bicyclic) bond motifs is 1. The molecule has 2 heteroatoms. The molecule has 1 aromatic rings. The van der Waals surface area contributed by atoms with E-state index in [1.165, 1.54) is 0 Å². The monoisotopic (exact) mass is 214 g/mol. The van der Waals surface area contributed by atoms with E-state index in [1.807, 2.05) is 24.3 Å². The van der Waals surface area contributed by atoms with E-state index in [4.69, 9.17) is 4.74 Å². The van der Waals surface area contributed by atoms with Crippen molar-refractivity contribution in [3.05, 3.63) is 41.2 Å². The van der Waals surface area contributed by atoms with Crippen molar-refractivity contribution in [1.29, 1.82) is 0 Å². The number of para-hydroxylation sites is 1. The molecule has 16 heavy (non-hydrogen) atoms. The fourth-order valence-corrected chi connectivity index (χ4v) is 2.48. The summed E-state index contributed by atoms with van der Waals surface area (Å²) < 4.78 is 5.84. The quantitative estimate of drug-likeness (QED) is 0.663. The van der Waals surface area contributed by atoms with Crippen molar-refractivity contribution in [3.8, 4) is 5.75 Å². The normalized spacial score (nSPS) is 23.6. The lowest BCUT2D eigenvalue weighted by Crippen LogP contribution is -2.24. The Morgan fingerprint density at radius 3 is 2.94 bits per heavy atom. The van der Waals surface area contributed by atoms with Gasteiger partial charge in [-0.15, -0.1) is 0 Å². The van der Waals surface area contributed by atoms with E-state index in [9.17, 15) is 4.79 Å². The van der Waals surface area contributed by atoms with Gasteiger partial charge in [-0.25, -0.2) is 0 Å². The first-order chi connectivity index (χ1) is 7.74. The molecule has 1 aliphatic heterocycles. The molecule has 0 spiro atoms. The van der Waals surface area contributed by atoms with Crippen molar-refractivity contribution in [3.63, 3.8) is 0 Å². The lowest BCUT2D eigenvalue weighted by Gasteiger charge is -2.28. The Morgan fingerprint density at radius 2 is 2.06 bits per heavy atom. The second-order valence-electron chi connectivity index (χ2n) is 4.72. The number of carbonyl (C=O) groups excluding carboxylic acids is 1. The van der Waals surface area contributed by atoms with E-state index in [-0.39, 0.29) is 5.78 Å². The van der Waals surface area contributed by atoms with Crippen LogP contribution in [0.3, 0.4) is 0 Å². The number of rotatable bonds is 0. The fraction of sp³-hybridized carbons (Fsp3) is 0.357. The minimum Gasteiger partial charge on any atom is -0.461 e. The summed E-state index contributed by atoms with van der Waals surface area (Å²) in [6.45, 7) is 2.10. The van der Waals surface area contributed by atoms with E-state index in [0.717, 1.165) is 35.5 Å². The first-order valence-electron chi connectivity index (χ1n) is 5.75. The number of allylic oxidation sites excluding steroid dienone is 2. The van der Waals surface area contributed by atoms with E-state index in [0.29, 0.717) is 12.3 Å². The molecule has 1 aromatic carbocycles. The molecule has 0 radical (unpaired) electrons. The van der Waals surface area contributed by atoms with Crippen molar-refractivity contribution in [2.24, 2.45) is 5.92 Å². The molecule has 0 saturated heterocycles. The van der Waals surface area contributed by atoms with Crippen LogP contribution in [-0.4, -0.2) is 5.78 Å². The van der Waals surface area contributed by atoms with Gasteiger partial charge in [0.2, 0.25) is 0 Å². The second kappa shape index (κ2) is 3.48. The first-order valence-corrected chi connectivity index (χ1v) is 5.75. The van der Waals surface area contributed by atoms with E-state index < -0.39 is 0 Å². The SMILES string of the molecule is CC1CC(=O)C2=C(C1)Oc1ccccc1C2. The summed E-state index contributed by atoms with van der Waals surface area (Å²) in [6, 6.07) is 7.97. The first kappa shape index (κ1) is 9.64. The third kappa shape index (κ3) is 1.45. The van der Waals surface area contributed by atoms with Crippen LogP contribution in [0, 0.1) is 5.92 Å². The average Bonchev–Trinajstić information content (AvgIpc) is 2.27. The highest BCUT2D eigenvalue weighted by atomic mass is 16.5. The summed E-state index contributed by atoms with van der Waals surface area (Å²) in [6.07, 6.45) is 2.32. The van der Waals surface area contributed by atoms with E-state index >= 15 is 0 Å². The largest absolute Gasteiger partial charge is 0.461 e. The van der Waals surface area contributed by atoms with Crippen LogP contribution in [0.5, 0.6) is 5.75 Å². The van der Waals surface area contributed by atoms with Gasteiger partial charge >= 0.3 is 0 Å². The molecule has 0 N–H and O–H groups in total. The van der Waals surface area contributed by atoms with Gasteiger partial charge in [0.15, 0.2) is 5.78 Å². The summed E-state index contributed by atoms with van der Waals surface area (Å²) in [7, 11) is 0. The molecule has 2 aliphatic rings. The fourth-order valence-electron chi connectivity index (χ4n) is 2.48. The molecule has 82 valence electrons. The molecule has 1 aliphatic carbocycles. The van der Waals surface area contributed by atoms with Gasteiger partial charge in [-0.05, 0) is 17.5 Å². The molecular weight excluding hydrogens is 200 g/mol. The number of Topliss-reactive ketones (excluding diaryl/α,β-unsaturated/α-hetero) is 1. The number of ketones is 1. The van der Waals surface area contributed by atoms with Gasteiger partial charge in [0, 0.05) is 24.8 Å². The van der Waals surface area contributed by atoms with Gasteiger partial charge in [0.05, 0.1) is 0 Å². The predicted octanol–water partition coefficient (Wildman–Crippen LogP) is 2.87. The van der Waals surface area contributed by atoms with E-state index in [2.05, 4.69) is 6.92 Å². The van der Waals surface area contributed by atoms with Crippen LogP contribution >= 0.6 is 0 Å². The zero-order chi connectivity index (χ0) is 11.1. The predicted molar refractivity (Wildman–Crippen MR) is 61.2 cm³/mol. The molecule has 1 heterocycles. The Bertz CT molecular complexity index is 485. The average molecular weight is 214 g/mol. The van der Waals surface area contributed by atoms with Gasteiger partial charge in [-0.3, -0.25) is 4.79 Å². The molecule has 0 amide bonds. The molecule has 0 aromatic heterocycles. The summed E-state index contributed by atoms with van der Waals surface area (Å²) in [5.41, 5.74) is 2.03. The van der Waals surface area contributed by atoms with Crippen LogP contribution in [-0.2, 0) is 11.2 Å². The summed E-state index contributed by atoms with van der Waals surface area (Å²) in [5, 5.41) is 0. The Balaban J connectivity index is 2.01. The third-order valence-corrected chi connectivity index (χ3v) is 3.31. The molecule has 0 bridgehead atoms. The molecule has 1 unspecified atom stereocenters. The van der Waals surface area contributed by atoms with Crippen LogP contribution in [0.2, 0.25) is 0 Å². The van der Waals surface area contributed by atoms with Gasteiger partial charge in [-0.1, -0.05) is 25.1 Å². The Hall–Kier alpha value is -1.57. The number of hydrogen-bond donors (Lipinski definition) is 0. The Morgan fingerprint density at radius 1 is 1.25 bits per heavy atom. The number of carbonyl (C=O) groups is 1.